The molecule has 0 saturated carbocycles. The van der Waals surface area contributed by atoms with Crippen molar-refractivity contribution in [1.29, 1.82) is 0 Å². The van der Waals surface area contributed by atoms with Gasteiger partial charge < -0.3 is 10.6 Å². The molecular weight excluding hydrogens is 319 g/mol. The zero-order valence-corrected chi connectivity index (χ0v) is 14.3. The average Bonchev–Trinajstić information content (AvgIpc) is 3.22. The highest BCUT2D eigenvalue weighted by Crippen LogP contribution is 2.31. The molecule has 3 aromatic rings. The van der Waals surface area contributed by atoms with Crippen molar-refractivity contribution in [2.45, 2.75) is 25.8 Å². The first-order valence-corrected chi connectivity index (χ1v) is 8.43. The molecule has 1 aliphatic heterocycles. The Hall–Kier alpha value is -2.54. The molecule has 4 rings (SSSR count). The lowest BCUT2D eigenvalue weighted by Gasteiger charge is -2.27. The topological polar surface area (TPSA) is 83.7 Å². The monoisotopic (exact) mass is 342 g/mol. The third-order valence-corrected chi connectivity index (χ3v) is 4.96. The van der Waals surface area contributed by atoms with E-state index in [0.717, 1.165) is 30.7 Å². The Kier molecular flexibility index (Phi) is 3.68. The molecule has 6 nitrogen and oxygen atoms in total. The standard InChI is InChI=1S/C18H21FN6.H2/c1-18(2,20)11-7-9-25(10-11)14-6-5-13(19)16(22-14)15-12-4-3-8-21-17(12)24-23-15;/h3-6,8,11H,7,9-10,20H2,1-2H3,(H,21,23,24);1H. The minimum atomic E-state index is -0.381. The Morgan fingerprint density at radius 1 is 1.36 bits per heavy atom. The van der Waals surface area contributed by atoms with E-state index in [4.69, 9.17) is 5.73 Å². The maximum Gasteiger partial charge on any atom is 0.181 e. The van der Waals surface area contributed by atoms with Crippen LogP contribution in [0.3, 0.4) is 0 Å². The lowest BCUT2D eigenvalue weighted by atomic mass is 9.88. The molecule has 0 aromatic carbocycles. The fourth-order valence-electron chi connectivity index (χ4n) is 3.39. The molecule has 25 heavy (non-hydrogen) atoms. The number of pyridine rings is 2. The van der Waals surface area contributed by atoms with Crippen LogP contribution in [0.25, 0.3) is 22.4 Å². The van der Waals surface area contributed by atoms with Gasteiger partial charge in [-0.25, -0.2) is 14.4 Å². The van der Waals surface area contributed by atoms with Crippen LogP contribution in [-0.2, 0) is 0 Å². The number of rotatable bonds is 3. The molecule has 132 valence electrons. The van der Waals surface area contributed by atoms with Gasteiger partial charge in [0, 0.05) is 31.6 Å². The fourth-order valence-corrected chi connectivity index (χ4v) is 3.39. The lowest BCUT2D eigenvalue weighted by molar-refractivity contribution is 0.348. The normalized spacial score (nSPS) is 18.2. The largest absolute Gasteiger partial charge is 0.356 e. The summed E-state index contributed by atoms with van der Waals surface area (Å²) in [5, 5.41) is 7.76. The fraction of sp³-hybridized carbons (Fsp3) is 0.389. The summed E-state index contributed by atoms with van der Waals surface area (Å²) in [6, 6.07) is 6.85. The lowest BCUT2D eigenvalue weighted by Crippen LogP contribution is -2.42. The van der Waals surface area contributed by atoms with Gasteiger partial charge in [-0.05, 0) is 50.5 Å². The van der Waals surface area contributed by atoms with Crippen molar-refractivity contribution in [2.24, 2.45) is 11.7 Å². The van der Waals surface area contributed by atoms with E-state index < -0.39 is 0 Å². The maximum atomic E-state index is 14.4. The van der Waals surface area contributed by atoms with Gasteiger partial charge in [-0.3, -0.25) is 5.10 Å². The number of nitrogens with zero attached hydrogens (tertiary/aromatic N) is 4. The minimum Gasteiger partial charge on any atom is -0.356 e. The number of nitrogens with two attached hydrogens (primary N) is 1. The molecule has 1 unspecified atom stereocenters. The number of nitrogens with one attached hydrogen (secondary N) is 1. The number of H-pyrrole nitrogens is 1. The molecule has 7 heteroatoms. The first kappa shape index (κ1) is 16.0. The van der Waals surface area contributed by atoms with Crippen molar-refractivity contribution in [1.82, 2.24) is 20.2 Å². The number of anilines is 1. The number of aromatic amines is 1. The smallest absolute Gasteiger partial charge is 0.181 e. The van der Waals surface area contributed by atoms with Crippen LogP contribution in [0.15, 0.2) is 30.5 Å². The number of hydrogen-bond acceptors (Lipinski definition) is 5. The van der Waals surface area contributed by atoms with Crippen molar-refractivity contribution in [2.75, 3.05) is 18.0 Å². The molecule has 4 heterocycles. The number of fused-ring (bicyclic) bond motifs is 1. The second-order valence-corrected chi connectivity index (χ2v) is 7.23. The van der Waals surface area contributed by atoms with Crippen LogP contribution in [0.1, 0.15) is 21.7 Å². The molecule has 1 atom stereocenters. The van der Waals surface area contributed by atoms with Gasteiger partial charge in [0.05, 0.1) is 5.69 Å². The van der Waals surface area contributed by atoms with E-state index in [0.29, 0.717) is 17.3 Å². The summed E-state index contributed by atoms with van der Waals surface area (Å²) >= 11 is 0. The number of aromatic nitrogens is 4. The Bertz CT molecular complexity index is 919. The summed E-state index contributed by atoms with van der Waals surface area (Å²) in [5.74, 6) is 0.767. The molecule has 3 aromatic heterocycles. The SMILES string of the molecule is CC(C)(N)C1CCN(c2ccc(F)c(-c3[nH]nc4ncccc34)n2)C1.[HH]. The zero-order valence-electron chi connectivity index (χ0n) is 14.3. The summed E-state index contributed by atoms with van der Waals surface area (Å²) in [5.41, 5.74) is 7.39. The van der Waals surface area contributed by atoms with Gasteiger partial charge in [-0.15, -0.1) is 0 Å². The molecule has 0 spiro atoms. The van der Waals surface area contributed by atoms with Crippen LogP contribution in [0.2, 0.25) is 0 Å². The van der Waals surface area contributed by atoms with Gasteiger partial charge in [0.1, 0.15) is 11.5 Å². The van der Waals surface area contributed by atoms with Crippen molar-refractivity contribution >= 4 is 16.9 Å². The molecule has 1 saturated heterocycles. The average molecular weight is 342 g/mol. The van der Waals surface area contributed by atoms with E-state index in [1.807, 2.05) is 6.07 Å². The van der Waals surface area contributed by atoms with E-state index in [1.54, 1.807) is 18.3 Å². The highest BCUT2D eigenvalue weighted by atomic mass is 19.1. The summed E-state index contributed by atoms with van der Waals surface area (Å²) in [6.45, 7) is 5.80. The van der Waals surface area contributed by atoms with Crippen LogP contribution in [0.4, 0.5) is 10.2 Å². The molecule has 1 fully saturated rings. The van der Waals surface area contributed by atoms with E-state index in [1.165, 1.54) is 6.07 Å². The van der Waals surface area contributed by atoms with E-state index >= 15 is 0 Å². The zero-order chi connectivity index (χ0) is 17.6. The van der Waals surface area contributed by atoms with E-state index in [-0.39, 0.29) is 18.5 Å². The van der Waals surface area contributed by atoms with Gasteiger partial charge >= 0.3 is 0 Å². The van der Waals surface area contributed by atoms with Gasteiger partial charge in [0.15, 0.2) is 11.5 Å². The van der Waals surface area contributed by atoms with Crippen LogP contribution in [0.5, 0.6) is 0 Å². The summed E-state index contributed by atoms with van der Waals surface area (Å²) in [6.07, 6.45) is 2.67. The molecule has 0 aliphatic carbocycles. The highest BCUT2D eigenvalue weighted by molar-refractivity contribution is 5.89. The highest BCUT2D eigenvalue weighted by Gasteiger charge is 2.33. The predicted molar refractivity (Wildman–Crippen MR) is 97.8 cm³/mol. The second-order valence-electron chi connectivity index (χ2n) is 7.23. The van der Waals surface area contributed by atoms with Crippen molar-refractivity contribution in [3.05, 3.63) is 36.3 Å². The van der Waals surface area contributed by atoms with Crippen molar-refractivity contribution < 1.29 is 5.82 Å². The minimum absolute atomic E-state index is 0. The first-order valence-electron chi connectivity index (χ1n) is 8.43. The maximum absolute atomic E-state index is 14.4. The third kappa shape index (κ3) is 2.84. The Morgan fingerprint density at radius 3 is 2.96 bits per heavy atom. The molecule has 0 amide bonds. The summed E-state index contributed by atoms with van der Waals surface area (Å²) in [4.78, 5) is 10.9. The van der Waals surface area contributed by atoms with Crippen LogP contribution in [0, 0.1) is 11.7 Å². The molecular formula is C18H23FN6. The number of hydrogen-bond donors (Lipinski definition) is 2. The van der Waals surface area contributed by atoms with Gasteiger partial charge in [-0.2, -0.15) is 5.10 Å². The van der Waals surface area contributed by atoms with E-state index in [9.17, 15) is 4.39 Å². The Morgan fingerprint density at radius 2 is 2.20 bits per heavy atom. The van der Waals surface area contributed by atoms with Gasteiger partial charge in [-0.1, -0.05) is 0 Å². The van der Waals surface area contributed by atoms with Gasteiger partial charge in [0.25, 0.3) is 0 Å². The molecule has 1 aliphatic rings. The second kappa shape index (κ2) is 5.77. The Balaban J connectivity index is 0.00000196. The van der Waals surface area contributed by atoms with Crippen LogP contribution < -0.4 is 10.6 Å². The Labute approximate surface area is 146 Å². The number of halogens is 1. The molecule has 0 radical (unpaired) electrons. The first-order chi connectivity index (χ1) is 11.9. The quantitative estimate of drug-likeness (QED) is 0.764. The van der Waals surface area contributed by atoms with Crippen molar-refractivity contribution in [3.63, 3.8) is 0 Å². The predicted octanol–water partition coefficient (Wildman–Crippen LogP) is 2.97. The third-order valence-electron chi connectivity index (χ3n) is 4.96. The summed E-state index contributed by atoms with van der Waals surface area (Å²) in [7, 11) is 0. The summed E-state index contributed by atoms with van der Waals surface area (Å²) < 4.78 is 14.4. The van der Waals surface area contributed by atoms with Crippen LogP contribution >= 0.6 is 0 Å². The molecule has 3 N–H and O–H groups in total. The van der Waals surface area contributed by atoms with E-state index in [2.05, 4.69) is 38.9 Å². The van der Waals surface area contributed by atoms with Crippen molar-refractivity contribution in [3.8, 4) is 11.4 Å². The van der Waals surface area contributed by atoms with Crippen LogP contribution in [-0.4, -0.2) is 38.8 Å². The van der Waals surface area contributed by atoms with Gasteiger partial charge in [0.2, 0.25) is 0 Å². The molecule has 0 bridgehead atoms.